The van der Waals surface area contributed by atoms with E-state index in [0.29, 0.717) is 17.5 Å². The third kappa shape index (κ3) is 3.23. The summed E-state index contributed by atoms with van der Waals surface area (Å²) in [6.07, 6.45) is 10.9. The SMILES string of the molecule is CS(=O)(=O)N1CCCc2cc(C(=O)NCC34CC5CC(CC(C5)C3)C4)ccc21. The highest BCUT2D eigenvalue weighted by atomic mass is 32.2. The predicted octanol–water partition coefficient (Wildman–Crippen LogP) is 3.35. The maximum Gasteiger partial charge on any atom is 0.251 e. The highest BCUT2D eigenvalue weighted by Crippen LogP contribution is 2.59. The van der Waals surface area contributed by atoms with E-state index in [-0.39, 0.29) is 5.91 Å². The number of hydrogen-bond donors (Lipinski definition) is 1. The van der Waals surface area contributed by atoms with Gasteiger partial charge in [0.1, 0.15) is 0 Å². The lowest BCUT2D eigenvalue weighted by Gasteiger charge is -2.56. The van der Waals surface area contributed by atoms with Crippen LogP contribution in [-0.2, 0) is 16.4 Å². The summed E-state index contributed by atoms with van der Waals surface area (Å²) in [5, 5.41) is 3.23. The molecule has 0 atom stereocenters. The van der Waals surface area contributed by atoms with Crippen LogP contribution in [0.5, 0.6) is 0 Å². The van der Waals surface area contributed by atoms with Gasteiger partial charge >= 0.3 is 0 Å². The molecular weight excluding hydrogens is 372 g/mol. The maximum atomic E-state index is 12.9. The van der Waals surface area contributed by atoms with Crippen molar-refractivity contribution in [3.63, 3.8) is 0 Å². The van der Waals surface area contributed by atoms with Crippen molar-refractivity contribution in [2.24, 2.45) is 23.2 Å². The first-order valence-electron chi connectivity index (χ1n) is 10.7. The minimum absolute atomic E-state index is 0.0185. The monoisotopic (exact) mass is 402 g/mol. The standard InChI is InChI=1S/C22H30N2O3S/c1-28(26,27)24-6-2-3-18-10-19(4-5-20(18)24)21(25)23-14-22-11-15-7-16(12-22)9-17(8-15)13-22/h4-5,10,15-17H,2-3,6-9,11-14H2,1H3,(H,23,25). The smallest absolute Gasteiger partial charge is 0.251 e. The molecule has 152 valence electrons. The summed E-state index contributed by atoms with van der Waals surface area (Å²) in [6, 6.07) is 5.47. The van der Waals surface area contributed by atoms with E-state index in [1.54, 1.807) is 12.1 Å². The molecule has 0 unspecified atom stereocenters. The number of sulfonamides is 1. The molecule has 4 aliphatic carbocycles. The van der Waals surface area contributed by atoms with E-state index in [1.807, 2.05) is 6.07 Å². The fourth-order valence-electron chi connectivity index (χ4n) is 6.92. The first kappa shape index (κ1) is 18.5. The number of rotatable bonds is 4. The largest absolute Gasteiger partial charge is 0.351 e. The number of carbonyl (C=O) groups excluding carboxylic acids is 1. The van der Waals surface area contributed by atoms with E-state index in [0.717, 1.165) is 48.4 Å². The molecule has 5 nitrogen and oxygen atoms in total. The molecule has 4 bridgehead atoms. The van der Waals surface area contributed by atoms with Gasteiger partial charge in [0.15, 0.2) is 0 Å². The molecule has 28 heavy (non-hydrogen) atoms. The molecule has 4 fully saturated rings. The lowest BCUT2D eigenvalue weighted by atomic mass is 9.49. The Hall–Kier alpha value is -1.56. The van der Waals surface area contributed by atoms with Gasteiger partial charge in [-0.25, -0.2) is 8.42 Å². The summed E-state index contributed by atoms with van der Waals surface area (Å²) < 4.78 is 25.5. The lowest BCUT2D eigenvalue weighted by molar-refractivity contribution is -0.0503. The van der Waals surface area contributed by atoms with Crippen LogP contribution in [0.3, 0.4) is 0 Å². The second-order valence-corrected chi connectivity index (χ2v) is 11.8. The van der Waals surface area contributed by atoms with Crippen LogP contribution in [0.4, 0.5) is 5.69 Å². The predicted molar refractivity (Wildman–Crippen MR) is 110 cm³/mol. The second kappa shape index (κ2) is 6.48. The van der Waals surface area contributed by atoms with Crippen LogP contribution in [0, 0.1) is 23.2 Å². The van der Waals surface area contributed by atoms with Gasteiger partial charge in [-0.3, -0.25) is 9.10 Å². The molecule has 0 saturated heterocycles. The average Bonchev–Trinajstić information content (AvgIpc) is 2.63. The molecule has 6 heteroatoms. The summed E-state index contributed by atoms with van der Waals surface area (Å²) in [4.78, 5) is 12.9. The number of amides is 1. The highest BCUT2D eigenvalue weighted by molar-refractivity contribution is 7.92. The van der Waals surface area contributed by atoms with Gasteiger partial charge in [0.25, 0.3) is 5.91 Å². The van der Waals surface area contributed by atoms with Crippen molar-refractivity contribution in [2.45, 2.75) is 51.4 Å². The molecule has 5 aliphatic rings. The van der Waals surface area contributed by atoms with Crippen LogP contribution in [0.15, 0.2) is 18.2 Å². The summed E-state index contributed by atoms with van der Waals surface area (Å²) in [6.45, 7) is 1.31. The van der Waals surface area contributed by atoms with Crippen LogP contribution in [0.2, 0.25) is 0 Å². The van der Waals surface area contributed by atoms with E-state index >= 15 is 0 Å². The van der Waals surface area contributed by atoms with E-state index in [1.165, 1.54) is 49.1 Å². The number of nitrogens with one attached hydrogen (secondary N) is 1. The number of benzene rings is 1. The zero-order valence-corrected chi connectivity index (χ0v) is 17.4. The Morgan fingerprint density at radius 3 is 2.39 bits per heavy atom. The van der Waals surface area contributed by atoms with Crippen LogP contribution < -0.4 is 9.62 Å². The van der Waals surface area contributed by atoms with Crippen LogP contribution >= 0.6 is 0 Å². The number of anilines is 1. The first-order chi connectivity index (χ1) is 13.3. The average molecular weight is 403 g/mol. The van der Waals surface area contributed by atoms with E-state index in [9.17, 15) is 13.2 Å². The maximum absolute atomic E-state index is 12.9. The first-order valence-corrected chi connectivity index (χ1v) is 12.6. The minimum atomic E-state index is -3.28. The van der Waals surface area contributed by atoms with Crippen molar-refractivity contribution in [2.75, 3.05) is 23.7 Å². The number of nitrogens with zero attached hydrogens (tertiary/aromatic N) is 1. The van der Waals surface area contributed by atoms with Gasteiger partial charge in [-0.15, -0.1) is 0 Å². The Morgan fingerprint density at radius 2 is 1.79 bits per heavy atom. The Balaban J connectivity index is 1.30. The zero-order chi connectivity index (χ0) is 19.5. The molecule has 4 saturated carbocycles. The molecule has 1 aromatic carbocycles. The van der Waals surface area contributed by atoms with Crippen molar-refractivity contribution in [3.8, 4) is 0 Å². The van der Waals surface area contributed by atoms with Gasteiger partial charge in [0.05, 0.1) is 11.9 Å². The van der Waals surface area contributed by atoms with Crippen LogP contribution in [0.1, 0.15) is 60.9 Å². The normalized spacial score (nSPS) is 33.6. The van der Waals surface area contributed by atoms with Gasteiger partial charge in [0.2, 0.25) is 10.0 Å². The van der Waals surface area contributed by atoms with E-state index < -0.39 is 10.0 Å². The van der Waals surface area contributed by atoms with E-state index in [2.05, 4.69) is 5.32 Å². The molecule has 1 amide bonds. The number of carbonyl (C=O) groups is 1. The zero-order valence-electron chi connectivity index (χ0n) is 16.6. The molecule has 0 radical (unpaired) electrons. The van der Waals surface area contributed by atoms with Gasteiger partial charge in [-0.2, -0.15) is 0 Å². The van der Waals surface area contributed by atoms with Crippen molar-refractivity contribution in [3.05, 3.63) is 29.3 Å². The molecule has 1 aliphatic heterocycles. The van der Waals surface area contributed by atoms with Crippen molar-refractivity contribution < 1.29 is 13.2 Å². The summed E-state index contributed by atoms with van der Waals surface area (Å²) in [5.74, 6) is 2.63. The summed E-state index contributed by atoms with van der Waals surface area (Å²) in [7, 11) is -3.28. The van der Waals surface area contributed by atoms with Crippen molar-refractivity contribution in [1.82, 2.24) is 5.32 Å². The molecular formula is C22H30N2O3S. The van der Waals surface area contributed by atoms with Crippen LogP contribution in [0.25, 0.3) is 0 Å². The fraction of sp³-hybridized carbons (Fsp3) is 0.682. The Morgan fingerprint density at radius 1 is 1.14 bits per heavy atom. The highest BCUT2D eigenvalue weighted by Gasteiger charge is 2.50. The Bertz CT molecular complexity index is 873. The number of aryl methyl sites for hydroxylation is 1. The fourth-order valence-corrected chi connectivity index (χ4v) is 7.92. The molecule has 0 spiro atoms. The molecule has 1 heterocycles. The van der Waals surface area contributed by atoms with E-state index in [4.69, 9.17) is 0 Å². The van der Waals surface area contributed by atoms with Gasteiger partial charge in [-0.1, -0.05) is 0 Å². The van der Waals surface area contributed by atoms with Gasteiger partial charge in [-0.05, 0) is 98.3 Å². The van der Waals surface area contributed by atoms with Crippen molar-refractivity contribution >= 4 is 21.6 Å². The third-order valence-corrected chi connectivity index (χ3v) is 8.79. The number of fused-ring (bicyclic) bond motifs is 1. The quantitative estimate of drug-likeness (QED) is 0.840. The summed E-state index contributed by atoms with van der Waals surface area (Å²) in [5.41, 5.74) is 2.66. The molecule has 0 aromatic heterocycles. The van der Waals surface area contributed by atoms with Crippen molar-refractivity contribution in [1.29, 1.82) is 0 Å². The van der Waals surface area contributed by atoms with Gasteiger partial charge in [0, 0.05) is 18.7 Å². The number of hydrogen-bond acceptors (Lipinski definition) is 3. The Kier molecular flexibility index (Phi) is 4.27. The third-order valence-electron chi connectivity index (χ3n) is 7.61. The second-order valence-electron chi connectivity index (χ2n) is 9.88. The van der Waals surface area contributed by atoms with Crippen LogP contribution in [-0.4, -0.2) is 33.7 Å². The summed E-state index contributed by atoms with van der Waals surface area (Å²) >= 11 is 0. The van der Waals surface area contributed by atoms with Gasteiger partial charge < -0.3 is 5.32 Å². The molecule has 1 N–H and O–H groups in total. The topological polar surface area (TPSA) is 66.5 Å². The lowest BCUT2D eigenvalue weighted by Crippen LogP contribution is -2.51. The molecule has 1 aromatic rings. The molecule has 6 rings (SSSR count). The minimum Gasteiger partial charge on any atom is -0.351 e. The Labute approximate surface area is 167 Å².